The molecule has 0 bridgehead atoms. The van der Waals surface area contributed by atoms with Crippen molar-refractivity contribution in [2.75, 3.05) is 0 Å². The Morgan fingerprint density at radius 2 is 1.57 bits per heavy atom. The van der Waals surface area contributed by atoms with Crippen molar-refractivity contribution >= 4 is 11.8 Å². The van der Waals surface area contributed by atoms with Gasteiger partial charge in [-0.05, 0) is 51.0 Å². The van der Waals surface area contributed by atoms with Crippen LogP contribution >= 0.6 is 0 Å². The van der Waals surface area contributed by atoms with Crippen molar-refractivity contribution in [2.45, 2.75) is 40.0 Å². The van der Waals surface area contributed by atoms with E-state index in [1.807, 2.05) is 19.9 Å². The highest BCUT2D eigenvalue weighted by Crippen LogP contribution is 2.40. The van der Waals surface area contributed by atoms with Gasteiger partial charge in [-0.25, -0.2) is 0 Å². The summed E-state index contributed by atoms with van der Waals surface area (Å²) in [5, 5.41) is 29.9. The Bertz CT molecular complexity index is 906. The molecule has 2 rings (SSSR count). The van der Waals surface area contributed by atoms with Crippen LogP contribution in [0.1, 0.15) is 48.7 Å². The van der Waals surface area contributed by atoms with Crippen LogP contribution in [0.5, 0.6) is 23.0 Å². The lowest BCUT2D eigenvalue weighted by Gasteiger charge is -2.16. The molecule has 0 fully saturated rings. The maximum Gasteiger partial charge on any atom is 0.308 e. The van der Waals surface area contributed by atoms with Gasteiger partial charge in [0.2, 0.25) is 0 Å². The van der Waals surface area contributed by atoms with E-state index in [1.165, 1.54) is 37.3 Å². The van der Waals surface area contributed by atoms with Crippen molar-refractivity contribution in [1.82, 2.24) is 0 Å². The Balaban J connectivity index is 2.36. The first-order valence-electron chi connectivity index (χ1n) is 8.89. The largest absolute Gasteiger partial charge is 0.508 e. The minimum Gasteiger partial charge on any atom is -0.508 e. The van der Waals surface area contributed by atoms with Crippen molar-refractivity contribution in [3.05, 3.63) is 58.7 Å². The molecule has 0 heterocycles. The summed E-state index contributed by atoms with van der Waals surface area (Å²) in [6, 6.07) is 7.07. The molecular formula is C22H24O6. The number of phenolic OH excluding ortho intramolecular Hbond substituents is 3. The molecule has 0 amide bonds. The molecule has 0 aliphatic carbocycles. The molecule has 2 aromatic rings. The number of hydrogen-bond donors (Lipinski definition) is 3. The van der Waals surface area contributed by atoms with Crippen LogP contribution in [0.4, 0.5) is 0 Å². The number of carbonyl (C=O) groups excluding carboxylic acids is 2. The van der Waals surface area contributed by atoms with Crippen molar-refractivity contribution in [2.24, 2.45) is 0 Å². The third kappa shape index (κ3) is 5.36. The fourth-order valence-corrected chi connectivity index (χ4v) is 2.76. The predicted octanol–water partition coefficient (Wildman–Crippen LogP) is 4.05. The summed E-state index contributed by atoms with van der Waals surface area (Å²) in [4.78, 5) is 24.0. The Labute approximate surface area is 163 Å². The van der Waals surface area contributed by atoms with Crippen LogP contribution in [-0.2, 0) is 17.6 Å². The number of ether oxygens (including phenoxy) is 1. The number of phenols is 3. The summed E-state index contributed by atoms with van der Waals surface area (Å²) in [5.74, 6) is -1.05. The van der Waals surface area contributed by atoms with Gasteiger partial charge in [-0.15, -0.1) is 0 Å². The lowest BCUT2D eigenvalue weighted by atomic mass is 9.97. The molecule has 0 unspecified atom stereocenters. The Morgan fingerprint density at radius 3 is 2.14 bits per heavy atom. The molecule has 0 atom stereocenters. The highest BCUT2D eigenvalue weighted by Gasteiger charge is 2.21. The number of carbonyl (C=O) groups is 2. The zero-order valence-electron chi connectivity index (χ0n) is 16.2. The van der Waals surface area contributed by atoms with Crippen molar-refractivity contribution < 1.29 is 29.6 Å². The second kappa shape index (κ2) is 9.08. The van der Waals surface area contributed by atoms with Gasteiger partial charge in [-0.1, -0.05) is 11.6 Å². The standard InChI is InChI=1S/C22H24O6/c1-13(2)4-9-17-20(26)12-21(27)18(22(17)28-14(3)23)10-11-19(25)15-5-7-16(24)8-6-15/h4-8,12,24,26-27H,9-11H2,1-3H3. The summed E-state index contributed by atoms with van der Waals surface area (Å²) in [7, 11) is 0. The van der Waals surface area contributed by atoms with E-state index in [9.17, 15) is 24.9 Å². The Hall–Kier alpha value is -3.28. The van der Waals surface area contributed by atoms with Gasteiger partial charge in [0.05, 0.1) is 0 Å². The highest BCUT2D eigenvalue weighted by molar-refractivity contribution is 5.96. The van der Waals surface area contributed by atoms with E-state index in [1.54, 1.807) is 0 Å². The van der Waals surface area contributed by atoms with Crippen LogP contribution in [0.3, 0.4) is 0 Å². The summed E-state index contributed by atoms with van der Waals surface area (Å²) in [6.07, 6.45) is 2.36. The quantitative estimate of drug-likeness (QED) is 0.288. The van der Waals surface area contributed by atoms with Crippen LogP contribution < -0.4 is 4.74 Å². The number of allylic oxidation sites excluding steroid dienone is 2. The molecule has 2 aromatic carbocycles. The van der Waals surface area contributed by atoms with Crippen LogP contribution in [0, 0.1) is 0 Å². The van der Waals surface area contributed by atoms with Crippen molar-refractivity contribution in [3.8, 4) is 23.0 Å². The zero-order chi connectivity index (χ0) is 20.8. The second-order valence-corrected chi connectivity index (χ2v) is 6.75. The lowest BCUT2D eigenvalue weighted by Crippen LogP contribution is -2.09. The molecule has 0 spiro atoms. The predicted molar refractivity (Wildman–Crippen MR) is 105 cm³/mol. The molecule has 0 aliphatic rings. The molecule has 0 radical (unpaired) electrons. The number of aromatic hydroxyl groups is 3. The summed E-state index contributed by atoms with van der Waals surface area (Å²) in [5.41, 5.74) is 2.11. The van der Waals surface area contributed by atoms with E-state index < -0.39 is 5.97 Å². The number of benzene rings is 2. The SMILES string of the molecule is CC(=O)Oc1c(CC=C(C)C)c(O)cc(O)c1CCC(=O)c1ccc(O)cc1. The smallest absolute Gasteiger partial charge is 0.308 e. The third-order valence-electron chi connectivity index (χ3n) is 4.19. The van der Waals surface area contributed by atoms with Gasteiger partial charge in [0, 0.05) is 36.1 Å². The minimum absolute atomic E-state index is 0.0550. The molecule has 6 heteroatoms. The van der Waals surface area contributed by atoms with Gasteiger partial charge in [0.15, 0.2) is 5.78 Å². The summed E-state index contributed by atoms with van der Waals surface area (Å²) in [6.45, 7) is 5.04. The fourth-order valence-electron chi connectivity index (χ4n) is 2.76. The summed E-state index contributed by atoms with van der Waals surface area (Å²) >= 11 is 0. The van der Waals surface area contributed by atoms with Gasteiger partial charge in [-0.3, -0.25) is 9.59 Å². The average Bonchev–Trinajstić information content (AvgIpc) is 2.60. The lowest BCUT2D eigenvalue weighted by molar-refractivity contribution is -0.132. The van der Waals surface area contributed by atoms with Gasteiger partial charge in [0.1, 0.15) is 23.0 Å². The van der Waals surface area contributed by atoms with Crippen LogP contribution in [0.25, 0.3) is 0 Å². The number of esters is 1. The van der Waals surface area contributed by atoms with Gasteiger partial charge in [-0.2, -0.15) is 0 Å². The number of rotatable bonds is 7. The number of ketones is 1. The molecular weight excluding hydrogens is 360 g/mol. The van der Waals surface area contributed by atoms with Crippen LogP contribution in [-0.4, -0.2) is 27.1 Å². The van der Waals surface area contributed by atoms with E-state index in [2.05, 4.69) is 0 Å². The van der Waals surface area contributed by atoms with Crippen molar-refractivity contribution in [1.29, 1.82) is 0 Å². The van der Waals surface area contributed by atoms with Gasteiger partial charge >= 0.3 is 5.97 Å². The monoisotopic (exact) mass is 384 g/mol. The molecule has 3 N–H and O–H groups in total. The Kier molecular flexibility index (Phi) is 6.82. The average molecular weight is 384 g/mol. The molecule has 0 aromatic heterocycles. The third-order valence-corrected chi connectivity index (χ3v) is 4.19. The van der Waals surface area contributed by atoms with Gasteiger partial charge in [0.25, 0.3) is 0 Å². The molecule has 0 aliphatic heterocycles. The number of Topliss-reactive ketones (excluding diaryl/α,β-unsaturated/α-hetero) is 1. The van der Waals surface area contributed by atoms with E-state index >= 15 is 0 Å². The maximum absolute atomic E-state index is 12.4. The first-order valence-corrected chi connectivity index (χ1v) is 8.89. The number of hydrogen-bond acceptors (Lipinski definition) is 6. The first-order chi connectivity index (χ1) is 13.2. The topological polar surface area (TPSA) is 104 Å². The molecule has 0 saturated carbocycles. The normalized spacial score (nSPS) is 10.4. The van der Waals surface area contributed by atoms with E-state index in [0.717, 1.165) is 5.57 Å². The molecule has 148 valence electrons. The minimum atomic E-state index is -0.588. The fraction of sp³-hybridized carbons (Fsp3) is 0.273. The Morgan fingerprint density at radius 1 is 0.964 bits per heavy atom. The van der Waals surface area contributed by atoms with Crippen LogP contribution in [0.15, 0.2) is 42.0 Å². The maximum atomic E-state index is 12.4. The molecule has 28 heavy (non-hydrogen) atoms. The molecule has 0 saturated heterocycles. The zero-order valence-corrected chi connectivity index (χ0v) is 16.2. The van der Waals surface area contributed by atoms with Crippen LogP contribution in [0.2, 0.25) is 0 Å². The van der Waals surface area contributed by atoms with E-state index in [-0.39, 0.29) is 47.2 Å². The highest BCUT2D eigenvalue weighted by atomic mass is 16.5. The second-order valence-electron chi connectivity index (χ2n) is 6.75. The van der Waals surface area contributed by atoms with Gasteiger partial charge < -0.3 is 20.1 Å². The van der Waals surface area contributed by atoms with E-state index in [0.29, 0.717) is 17.5 Å². The first kappa shape index (κ1) is 21.0. The molecule has 6 nitrogen and oxygen atoms in total. The van der Waals surface area contributed by atoms with Crippen molar-refractivity contribution in [3.63, 3.8) is 0 Å². The summed E-state index contributed by atoms with van der Waals surface area (Å²) < 4.78 is 5.29. The van der Waals surface area contributed by atoms with E-state index in [4.69, 9.17) is 4.74 Å².